The van der Waals surface area contributed by atoms with Gasteiger partial charge in [0.15, 0.2) is 0 Å². The average molecular weight is 397 g/mol. The number of nitrogens with zero attached hydrogens (tertiary/aromatic N) is 3. The molecule has 1 N–H and O–H groups in total. The minimum atomic E-state index is -0.141. The third kappa shape index (κ3) is 4.13. The van der Waals surface area contributed by atoms with Gasteiger partial charge in [0.25, 0.3) is 0 Å². The van der Waals surface area contributed by atoms with Gasteiger partial charge in [0, 0.05) is 18.9 Å². The van der Waals surface area contributed by atoms with Crippen LogP contribution in [0.15, 0.2) is 23.0 Å². The summed E-state index contributed by atoms with van der Waals surface area (Å²) < 4.78 is 7.10. The number of H-pyrrole nitrogens is 1. The monoisotopic (exact) mass is 396 g/mol. The van der Waals surface area contributed by atoms with E-state index >= 15 is 0 Å². The Hall–Kier alpha value is -2.08. The van der Waals surface area contributed by atoms with Crippen LogP contribution in [0.5, 0.6) is 5.75 Å². The maximum atomic E-state index is 12.6. The van der Waals surface area contributed by atoms with Gasteiger partial charge in [0.2, 0.25) is 0 Å². The molecule has 29 heavy (non-hydrogen) atoms. The summed E-state index contributed by atoms with van der Waals surface area (Å²) in [5.74, 6) is 3.02. The molecular formula is C23H32N4O2. The van der Waals surface area contributed by atoms with Crippen molar-refractivity contribution in [1.82, 2.24) is 19.7 Å². The highest BCUT2D eigenvalue weighted by Crippen LogP contribution is 2.29. The molecule has 1 aromatic carbocycles. The van der Waals surface area contributed by atoms with E-state index < -0.39 is 0 Å². The van der Waals surface area contributed by atoms with Gasteiger partial charge in [0.05, 0.1) is 12.3 Å². The van der Waals surface area contributed by atoms with Crippen LogP contribution >= 0.6 is 0 Å². The summed E-state index contributed by atoms with van der Waals surface area (Å²) in [5, 5.41) is 4.69. The molecule has 0 unspecified atom stereocenters. The van der Waals surface area contributed by atoms with Crippen molar-refractivity contribution in [2.75, 3.05) is 26.2 Å². The van der Waals surface area contributed by atoms with Crippen LogP contribution in [0.2, 0.25) is 0 Å². The number of ether oxygens (including phenoxy) is 1. The predicted octanol–water partition coefficient (Wildman–Crippen LogP) is 3.65. The summed E-state index contributed by atoms with van der Waals surface area (Å²) >= 11 is 0. The molecule has 3 aliphatic rings. The SMILES string of the molecule is O=c1[nH]c([C@H]2CCCN(CCC3CCCCC3)C2)nn1-c1ccc2c(c1)CCO2. The first-order valence-electron chi connectivity index (χ1n) is 11.4. The molecule has 1 aliphatic carbocycles. The molecule has 1 saturated heterocycles. The van der Waals surface area contributed by atoms with E-state index in [1.54, 1.807) is 0 Å². The molecule has 1 atom stereocenters. The van der Waals surface area contributed by atoms with E-state index in [9.17, 15) is 4.79 Å². The van der Waals surface area contributed by atoms with E-state index in [4.69, 9.17) is 9.84 Å². The standard InChI is InChI=1S/C23H32N4O2/c28-23-24-22(25-27(23)20-8-9-21-18(15-20)11-14-29-21)19-7-4-12-26(16-19)13-10-17-5-2-1-3-6-17/h8-9,15,17,19H,1-7,10-14,16H2,(H,24,25,28)/t19-/m0/s1. The highest BCUT2D eigenvalue weighted by atomic mass is 16.5. The lowest BCUT2D eigenvalue weighted by molar-refractivity contribution is 0.182. The molecule has 6 nitrogen and oxygen atoms in total. The summed E-state index contributed by atoms with van der Waals surface area (Å²) in [5.41, 5.74) is 1.84. The molecule has 2 aromatic rings. The van der Waals surface area contributed by atoms with E-state index in [2.05, 4.69) is 9.88 Å². The largest absolute Gasteiger partial charge is 0.493 e. The zero-order chi connectivity index (χ0) is 19.6. The molecule has 156 valence electrons. The van der Waals surface area contributed by atoms with E-state index in [1.807, 2.05) is 18.2 Å². The third-order valence-corrected chi connectivity index (χ3v) is 7.02. The Morgan fingerprint density at radius 2 is 2.03 bits per heavy atom. The molecule has 0 amide bonds. The van der Waals surface area contributed by atoms with Crippen LogP contribution in [-0.2, 0) is 6.42 Å². The molecule has 1 saturated carbocycles. The predicted molar refractivity (Wildman–Crippen MR) is 113 cm³/mol. The first-order chi connectivity index (χ1) is 14.3. The second-order valence-electron chi connectivity index (χ2n) is 9.05. The number of hydrogen-bond acceptors (Lipinski definition) is 4. The second-order valence-corrected chi connectivity index (χ2v) is 9.05. The summed E-state index contributed by atoms with van der Waals surface area (Å²) in [6.45, 7) is 4.10. The van der Waals surface area contributed by atoms with Crippen LogP contribution in [0.1, 0.15) is 68.7 Å². The van der Waals surface area contributed by atoms with Gasteiger partial charge in [-0.15, -0.1) is 5.10 Å². The Bertz CT molecular complexity index is 897. The fourth-order valence-corrected chi connectivity index (χ4v) is 5.33. The molecule has 5 rings (SSSR count). The fraction of sp³-hybridized carbons (Fsp3) is 0.652. The van der Waals surface area contributed by atoms with E-state index in [-0.39, 0.29) is 5.69 Å². The van der Waals surface area contributed by atoms with Gasteiger partial charge in [-0.1, -0.05) is 32.1 Å². The van der Waals surface area contributed by atoms with Gasteiger partial charge in [0.1, 0.15) is 11.6 Å². The Balaban J connectivity index is 1.26. The number of nitrogens with one attached hydrogen (secondary N) is 1. The number of piperidine rings is 1. The summed E-state index contributed by atoms with van der Waals surface area (Å²) in [6, 6.07) is 5.91. The van der Waals surface area contributed by atoms with Crippen LogP contribution in [0.25, 0.3) is 5.69 Å². The first-order valence-corrected chi connectivity index (χ1v) is 11.4. The number of hydrogen-bond donors (Lipinski definition) is 1. The molecule has 0 bridgehead atoms. The molecule has 6 heteroatoms. The summed E-state index contributed by atoms with van der Waals surface area (Å²) in [7, 11) is 0. The normalized spacial score (nSPS) is 23.1. The van der Waals surface area contributed by atoms with Crippen molar-refractivity contribution in [2.24, 2.45) is 5.92 Å². The van der Waals surface area contributed by atoms with Crippen LogP contribution in [0.3, 0.4) is 0 Å². The number of benzene rings is 1. The van der Waals surface area contributed by atoms with Gasteiger partial charge in [-0.2, -0.15) is 4.68 Å². The van der Waals surface area contributed by atoms with Crippen molar-refractivity contribution in [3.05, 3.63) is 40.1 Å². The molecule has 0 radical (unpaired) electrons. The van der Waals surface area contributed by atoms with Gasteiger partial charge >= 0.3 is 5.69 Å². The van der Waals surface area contributed by atoms with Crippen molar-refractivity contribution >= 4 is 0 Å². The van der Waals surface area contributed by atoms with Crippen molar-refractivity contribution in [1.29, 1.82) is 0 Å². The first kappa shape index (κ1) is 18.9. The smallest absolute Gasteiger partial charge is 0.348 e. The maximum Gasteiger partial charge on any atom is 0.348 e. The minimum Gasteiger partial charge on any atom is -0.493 e. The lowest BCUT2D eigenvalue weighted by Gasteiger charge is -2.33. The molecule has 2 fully saturated rings. The minimum absolute atomic E-state index is 0.141. The van der Waals surface area contributed by atoms with E-state index in [0.29, 0.717) is 5.92 Å². The van der Waals surface area contributed by atoms with Crippen LogP contribution in [0.4, 0.5) is 0 Å². The third-order valence-electron chi connectivity index (χ3n) is 7.02. The Labute approximate surface area is 172 Å². The number of rotatable bonds is 5. The Morgan fingerprint density at radius 3 is 2.93 bits per heavy atom. The zero-order valence-corrected chi connectivity index (χ0v) is 17.2. The topological polar surface area (TPSA) is 63.2 Å². The number of likely N-dealkylation sites (tertiary alicyclic amines) is 1. The molecular weight excluding hydrogens is 364 g/mol. The average Bonchev–Trinajstić information content (AvgIpc) is 3.39. The molecule has 1 aromatic heterocycles. The van der Waals surface area contributed by atoms with Crippen molar-refractivity contribution in [2.45, 2.75) is 63.7 Å². The van der Waals surface area contributed by atoms with E-state index in [0.717, 1.165) is 54.7 Å². The van der Waals surface area contributed by atoms with Crippen molar-refractivity contribution in [3.63, 3.8) is 0 Å². The van der Waals surface area contributed by atoms with Gasteiger partial charge in [-0.25, -0.2) is 4.79 Å². The van der Waals surface area contributed by atoms with Crippen molar-refractivity contribution < 1.29 is 4.74 Å². The number of aromatic amines is 1. The lowest BCUT2D eigenvalue weighted by atomic mass is 9.86. The Morgan fingerprint density at radius 1 is 1.14 bits per heavy atom. The van der Waals surface area contributed by atoms with Crippen molar-refractivity contribution in [3.8, 4) is 11.4 Å². The molecule has 2 aliphatic heterocycles. The zero-order valence-electron chi connectivity index (χ0n) is 17.2. The van der Waals surface area contributed by atoms with Gasteiger partial charge in [-0.05, 0) is 62.0 Å². The molecule has 0 spiro atoms. The summed E-state index contributed by atoms with van der Waals surface area (Å²) in [4.78, 5) is 18.2. The Kier molecular flexibility index (Phi) is 5.44. The van der Waals surface area contributed by atoms with Gasteiger partial charge in [-0.3, -0.25) is 4.98 Å². The number of fused-ring (bicyclic) bond motifs is 1. The highest BCUT2D eigenvalue weighted by molar-refractivity contribution is 5.45. The fourth-order valence-electron chi connectivity index (χ4n) is 5.33. The molecule has 3 heterocycles. The lowest BCUT2D eigenvalue weighted by Crippen LogP contribution is -2.36. The quantitative estimate of drug-likeness (QED) is 0.838. The number of aromatic nitrogens is 3. The van der Waals surface area contributed by atoms with E-state index in [1.165, 1.54) is 62.7 Å². The highest BCUT2D eigenvalue weighted by Gasteiger charge is 2.26. The second kappa shape index (κ2) is 8.34. The summed E-state index contributed by atoms with van der Waals surface area (Å²) in [6.07, 6.45) is 11.6. The van der Waals surface area contributed by atoms with Crippen LogP contribution in [0, 0.1) is 5.92 Å². The maximum absolute atomic E-state index is 12.6. The van der Waals surface area contributed by atoms with Gasteiger partial charge < -0.3 is 9.64 Å². The van der Waals surface area contributed by atoms with Crippen LogP contribution in [-0.4, -0.2) is 45.9 Å². The van der Waals surface area contributed by atoms with Crippen LogP contribution < -0.4 is 10.4 Å².